The van der Waals surface area contributed by atoms with Crippen LogP contribution in [0, 0.1) is 17.8 Å². The van der Waals surface area contributed by atoms with Gasteiger partial charge >= 0.3 is 0 Å². The van der Waals surface area contributed by atoms with Gasteiger partial charge in [0.25, 0.3) is 0 Å². The average molecular weight is 576 g/mol. The van der Waals surface area contributed by atoms with Gasteiger partial charge in [0, 0.05) is 32.0 Å². The third-order valence-corrected chi connectivity index (χ3v) is 7.64. The van der Waals surface area contributed by atoms with Crippen molar-refractivity contribution in [3.8, 4) is 0 Å². The van der Waals surface area contributed by atoms with Gasteiger partial charge in [-0.25, -0.2) is 23.7 Å². The van der Waals surface area contributed by atoms with Crippen LogP contribution in [-0.2, 0) is 35.7 Å². The summed E-state index contributed by atoms with van der Waals surface area (Å²) in [5.74, 6) is -2.59. The van der Waals surface area contributed by atoms with Crippen molar-refractivity contribution in [1.29, 1.82) is 0 Å². The van der Waals surface area contributed by atoms with E-state index in [0.29, 0.717) is 26.0 Å². The SMILES string of the molecule is CC(C)C[C@@H](C(=O)NN(CCn1ccnc1)S(C)(=O)=O)[C@H](CC=Cc1ccccc1)C(=O)NOC1CCCCO1. The maximum atomic E-state index is 13.7. The molecular weight excluding hydrogens is 534 g/mol. The van der Waals surface area contributed by atoms with Gasteiger partial charge in [-0.15, -0.1) is 4.41 Å². The normalized spacial score (nSPS) is 17.7. The van der Waals surface area contributed by atoms with Crippen LogP contribution < -0.4 is 10.9 Å². The van der Waals surface area contributed by atoms with Gasteiger partial charge < -0.3 is 9.30 Å². The van der Waals surface area contributed by atoms with Crippen LogP contribution in [0.3, 0.4) is 0 Å². The molecule has 2 amide bonds. The second kappa shape index (κ2) is 15.7. The number of nitrogens with one attached hydrogen (secondary N) is 2. The predicted molar refractivity (Wildman–Crippen MR) is 151 cm³/mol. The topological polar surface area (TPSA) is 132 Å². The Morgan fingerprint density at radius 3 is 2.60 bits per heavy atom. The quantitative estimate of drug-likeness (QED) is 0.312. The van der Waals surface area contributed by atoms with Crippen LogP contribution in [0.4, 0.5) is 0 Å². The standard InChI is InChI=1S/C28H41N5O6S/c1-22(2)20-25(27(34)30-33(40(3,36)37)18-17-32-16-15-29-21-32)24(13-9-12-23-10-5-4-6-11-23)28(35)31-39-26-14-7-8-19-38-26/h4-6,9-12,15-16,21-22,24-26H,7-8,13-14,17-20H2,1-3H3,(H,30,34)(H,31,35)/t24-,25+,26?/m0/s1. The zero-order valence-electron chi connectivity index (χ0n) is 23.4. The fourth-order valence-corrected chi connectivity index (χ4v) is 5.14. The van der Waals surface area contributed by atoms with Gasteiger partial charge in [0.1, 0.15) is 0 Å². The zero-order valence-corrected chi connectivity index (χ0v) is 24.3. The molecule has 2 N–H and O–H groups in total. The molecular formula is C28H41N5O6S. The molecule has 0 spiro atoms. The Bertz CT molecular complexity index is 1180. The number of nitrogens with zero attached hydrogens (tertiary/aromatic N) is 3. The third kappa shape index (κ3) is 10.5. The number of hydrogen-bond donors (Lipinski definition) is 2. The number of carbonyl (C=O) groups excluding carboxylic acids is 2. The van der Waals surface area contributed by atoms with Crippen LogP contribution >= 0.6 is 0 Å². The number of sulfonamides is 1. The average Bonchev–Trinajstić information content (AvgIpc) is 3.45. The lowest BCUT2D eigenvalue weighted by Gasteiger charge is -2.30. The summed E-state index contributed by atoms with van der Waals surface area (Å²) in [5.41, 5.74) is 6.05. The minimum absolute atomic E-state index is 0.00222. The molecule has 1 aliphatic heterocycles. The summed E-state index contributed by atoms with van der Waals surface area (Å²) < 4.78 is 33.3. The Kier molecular flexibility index (Phi) is 12.3. The van der Waals surface area contributed by atoms with Gasteiger partial charge in [0.05, 0.1) is 31.0 Å². The first-order chi connectivity index (χ1) is 19.1. The Morgan fingerprint density at radius 1 is 1.20 bits per heavy atom. The van der Waals surface area contributed by atoms with Gasteiger partial charge in [0.2, 0.25) is 21.8 Å². The van der Waals surface area contributed by atoms with Gasteiger partial charge in [-0.2, -0.15) is 0 Å². The second-order valence-corrected chi connectivity index (χ2v) is 12.3. The number of allylic oxidation sites excluding steroid dienone is 1. The molecule has 0 saturated carbocycles. The number of hydroxylamine groups is 1. The second-order valence-electron chi connectivity index (χ2n) is 10.4. The fraction of sp³-hybridized carbons (Fsp3) is 0.536. The Hall–Kier alpha value is -3.06. The lowest BCUT2D eigenvalue weighted by molar-refractivity contribution is -0.203. The highest BCUT2D eigenvalue weighted by atomic mass is 32.2. The molecule has 2 heterocycles. The highest BCUT2D eigenvalue weighted by Crippen LogP contribution is 2.26. The van der Waals surface area contributed by atoms with E-state index in [-0.39, 0.29) is 18.9 Å². The number of rotatable bonds is 15. The van der Waals surface area contributed by atoms with Gasteiger partial charge in [-0.05, 0) is 37.2 Å². The molecule has 3 rings (SSSR count). The smallest absolute Gasteiger partial charge is 0.247 e. The van der Waals surface area contributed by atoms with Crippen LogP contribution in [-0.4, -0.2) is 59.9 Å². The molecule has 2 aromatic rings. The summed E-state index contributed by atoms with van der Waals surface area (Å²) in [5, 5.41) is 0. The minimum atomic E-state index is -3.79. The van der Waals surface area contributed by atoms with E-state index < -0.39 is 40.0 Å². The van der Waals surface area contributed by atoms with Gasteiger partial charge in [-0.3, -0.25) is 15.0 Å². The van der Waals surface area contributed by atoms with Crippen molar-refractivity contribution >= 4 is 27.9 Å². The van der Waals surface area contributed by atoms with E-state index in [0.717, 1.165) is 29.1 Å². The number of imidazole rings is 1. The number of ether oxygens (including phenoxy) is 1. The number of amides is 2. The predicted octanol–water partition coefficient (Wildman–Crippen LogP) is 3.13. The van der Waals surface area contributed by atoms with Crippen molar-refractivity contribution < 1.29 is 27.6 Å². The van der Waals surface area contributed by atoms with Crippen LogP contribution in [0.2, 0.25) is 0 Å². The van der Waals surface area contributed by atoms with Crippen molar-refractivity contribution in [3.05, 3.63) is 60.7 Å². The molecule has 12 heteroatoms. The van der Waals surface area contributed by atoms with E-state index in [1.165, 1.54) is 0 Å². The molecule has 1 aromatic heterocycles. The Labute approximate surface area is 236 Å². The van der Waals surface area contributed by atoms with Crippen LogP contribution in [0.1, 0.15) is 51.5 Å². The number of aromatic nitrogens is 2. The number of carbonyl (C=O) groups is 2. The molecule has 0 aliphatic carbocycles. The molecule has 1 unspecified atom stereocenters. The Balaban J connectivity index is 1.80. The van der Waals surface area contributed by atoms with Crippen molar-refractivity contribution in [2.75, 3.05) is 19.4 Å². The summed E-state index contributed by atoms with van der Waals surface area (Å²) in [6.07, 6.45) is 12.2. The molecule has 0 radical (unpaired) electrons. The molecule has 1 fully saturated rings. The first-order valence-electron chi connectivity index (χ1n) is 13.7. The molecule has 11 nitrogen and oxygen atoms in total. The molecule has 40 heavy (non-hydrogen) atoms. The fourth-order valence-electron chi connectivity index (χ4n) is 4.47. The van der Waals surface area contributed by atoms with E-state index in [4.69, 9.17) is 9.57 Å². The highest BCUT2D eigenvalue weighted by molar-refractivity contribution is 7.88. The zero-order chi connectivity index (χ0) is 29.0. The van der Waals surface area contributed by atoms with Crippen molar-refractivity contribution in [2.24, 2.45) is 17.8 Å². The van der Waals surface area contributed by atoms with Gasteiger partial charge in [-0.1, -0.05) is 56.3 Å². The molecule has 1 aliphatic rings. The van der Waals surface area contributed by atoms with Gasteiger partial charge in [0.15, 0.2) is 6.29 Å². The van der Waals surface area contributed by atoms with Crippen molar-refractivity contribution in [2.45, 2.75) is 58.8 Å². The summed E-state index contributed by atoms with van der Waals surface area (Å²) >= 11 is 0. The van der Waals surface area contributed by atoms with E-state index in [9.17, 15) is 18.0 Å². The van der Waals surface area contributed by atoms with E-state index in [2.05, 4.69) is 15.9 Å². The van der Waals surface area contributed by atoms with E-state index >= 15 is 0 Å². The summed E-state index contributed by atoms with van der Waals surface area (Å²) in [4.78, 5) is 36.7. The number of benzene rings is 1. The van der Waals surface area contributed by atoms with E-state index in [1.54, 1.807) is 23.3 Å². The molecule has 1 aromatic carbocycles. The first kappa shape index (κ1) is 31.5. The maximum Gasteiger partial charge on any atom is 0.247 e. The minimum Gasteiger partial charge on any atom is -0.350 e. The van der Waals surface area contributed by atoms with Crippen LogP contribution in [0.25, 0.3) is 6.08 Å². The van der Waals surface area contributed by atoms with Crippen LogP contribution in [0.15, 0.2) is 55.1 Å². The first-order valence-corrected chi connectivity index (χ1v) is 15.5. The highest BCUT2D eigenvalue weighted by Gasteiger charge is 2.36. The summed E-state index contributed by atoms with van der Waals surface area (Å²) in [7, 11) is -3.79. The lowest BCUT2D eigenvalue weighted by Crippen LogP contribution is -2.51. The largest absolute Gasteiger partial charge is 0.350 e. The van der Waals surface area contributed by atoms with E-state index in [1.807, 2.05) is 56.3 Å². The molecule has 3 atom stereocenters. The number of hydrazine groups is 1. The molecule has 0 bridgehead atoms. The third-order valence-electron chi connectivity index (χ3n) is 6.57. The molecule has 1 saturated heterocycles. The summed E-state index contributed by atoms with van der Waals surface area (Å²) in [6, 6.07) is 9.64. The maximum absolute atomic E-state index is 13.7. The molecule has 220 valence electrons. The summed E-state index contributed by atoms with van der Waals surface area (Å²) in [6.45, 7) is 4.76. The van der Waals surface area contributed by atoms with Crippen molar-refractivity contribution in [1.82, 2.24) is 24.9 Å². The monoisotopic (exact) mass is 575 g/mol. The number of hydrogen-bond acceptors (Lipinski definition) is 7. The lowest BCUT2D eigenvalue weighted by atomic mass is 9.82. The Morgan fingerprint density at radius 2 is 1.98 bits per heavy atom. The van der Waals surface area contributed by atoms with Crippen LogP contribution in [0.5, 0.6) is 0 Å². The van der Waals surface area contributed by atoms with Crippen molar-refractivity contribution in [3.63, 3.8) is 0 Å².